The first-order chi connectivity index (χ1) is 10.2. The number of benzene rings is 1. The Morgan fingerprint density at radius 1 is 1.33 bits per heavy atom. The van der Waals surface area contributed by atoms with Crippen LogP contribution in [0.3, 0.4) is 0 Å². The Bertz CT molecular complexity index is 581. The highest BCUT2D eigenvalue weighted by atomic mass is 16.5. The van der Waals surface area contributed by atoms with Gasteiger partial charge in [-0.3, -0.25) is 0 Å². The first kappa shape index (κ1) is 15.1. The Balaban J connectivity index is 1.81. The first-order valence-corrected chi connectivity index (χ1v) is 6.80. The van der Waals surface area contributed by atoms with Crippen molar-refractivity contribution in [2.75, 3.05) is 19.0 Å². The second kappa shape index (κ2) is 7.44. The lowest BCUT2D eigenvalue weighted by Crippen LogP contribution is -2.32. The molecule has 21 heavy (non-hydrogen) atoms. The van der Waals surface area contributed by atoms with E-state index in [1.165, 1.54) is 0 Å². The minimum absolute atomic E-state index is 0.216. The number of nitrogens with one attached hydrogen (secondary N) is 2. The molecule has 0 spiro atoms. The number of nitrogens with zero attached hydrogens (tertiary/aromatic N) is 2. The molecule has 1 aromatic carbocycles. The van der Waals surface area contributed by atoms with Gasteiger partial charge in [-0.05, 0) is 19.1 Å². The van der Waals surface area contributed by atoms with Crippen molar-refractivity contribution in [3.63, 3.8) is 0 Å². The van der Waals surface area contributed by atoms with E-state index in [1.807, 2.05) is 41.8 Å². The van der Waals surface area contributed by atoms with E-state index in [0.29, 0.717) is 19.7 Å². The van der Waals surface area contributed by atoms with E-state index in [4.69, 9.17) is 4.74 Å². The number of hydrogen-bond acceptors (Lipinski definition) is 3. The average Bonchev–Trinajstić information content (AvgIpc) is 2.82. The minimum atomic E-state index is -0.216. The third-order valence-electron chi connectivity index (χ3n) is 3.06. The minimum Gasteiger partial charge on any atom is -0.377 e. The Morgan fingerprint density at radius 2 is 2.10 bits per heavy atom. The fourth-order valence-electron chi connectivity index (χ4n) is 2.04. The molecule has 0 unspecified atom stereocenters. The van der Waals surface area contributed by atoms with Crippen molar-refractivity contribution >= 4 is 11.7 Å². The Hall–Kier alpha value is -2.34. The van der Waals surface area contributed by atoms with Crippen LogP contribution in [0, 0.1) is 6.92 Å². The van der Waals surface area contributed by atoms with Gasteiger partial charge in [0.1, 0.15) is 12.4 Å². The molecule has 2 rings (SSSR count). The summed E-state index contributed by atoms with van der Waals surface area (Å²) < 4.78 is 7.14. The van der Waals surface area contributed by atoms with Crippen molar-refractivity contribution in [2.45, 2.75) is 20.1 Å². The number of carbonyl (C=O) groups is 1. The lowest BCUT2D eigenvalue weighted by molar-refractivity contribution is 0.174. The predicted octanol–water partition coefficient (Wildman–Crippen LogP) is 2.16. The summed E-state index contributed by atoms with van der Waals surface area (Å²) in [5.41, 5.74) is 1.82. The van der Waals surface area contributed by atoms with E-state index in [9.17, 15) is 4.79 Å². The third kappa shape index (κ3) is 4.32. The van der Waals surface area contributed by atoms with Gasteiger partial charge in [-0.25, -0.2) is 9.78 Å². The zero-order valence-corrected chi connectivity index (χ0v) is 12.3. The summed E-state index contributed by atoms with van der Waals surface area (Å²) in [5.74, 6) is 0.861. The van der Waals surface area contributed by atoms with Crippen molar-refractivity contribution in [3.8, 4) is 0 Å². The van der Waals surface area contributed by atoms with Crippen LogP contribution >= 0.6 is 0 Å². The number of methoxy groups -OCH3 is 1. The second-order valence-corrected chi connectivity index (χ2v) is 4.65. The van der Waals surface area contributed by atoms with Gasteiger partial charge in [0.15, 0.2) is 0 Å². The quantitative estimate of drug-likeness (QED) is 0.856. The molecule has 112 valence electrons. The maximum absolute atomic E-state index is 11.8. The molecular weight excluding hydrogens is 268 g/mol. The molecule has 0 bridgehead atoms. The summed E-state index contributed by atoms with van der Waals surface area (Å²) in [7, 11) is 1.64. The highest BCUT2D eigenvalue weighted by Gasteiger charge is 2.07. The average molecular weight is 288 g/mol. The van der Waals surface area contributed by atoms with Gasteiger partial charge >= 0.3 is 6.03 Å². The van der Waals surface area contributed by atoms with E-state index in [0.717, 1.165) is 17.2 Å². The SMILES string of the molecule is COCc1ncc(C)n1CCNC(=O)Nc1ccccc1. The van der Waals surface area contributed by atoms with Crippen LogP contribution in [0.25, 0.3) is 0 Å². The fraction of sp³-hybridized carbons (Fsp3) is 0.333. The lowest BCUT2D eigenvalue weighted by Gasteiger charge is -2.11. The number of ether oxygens (including phenoxy) is 1. The number of amides is 2. The van der Waals surface area contributed by atoms with Gasteiger partial charge < -0.3 is 19.9 Å². The van der Waals surface area contributed by atoms with E-state index in [2.05, 4.69) is 15.6 Å². The van der Waals surface area contributed by atoms with Crippen molar-refractivity contribution in [2.24, 2.45) is 0 Å². The van der Waals surface area contributed by atoms with E-state index in [1.54, 1.807) is 13.3 Å². The highest BCUT2D eigenvalue weighted by Crippen LogP contribution is 2.06. The summed E-state index contributed by atoms with van der Waals surface area (Å²) in [6.45, 7) is 3.62. The molecule has 1 aromatic heterocycles. The molecule has 2 aromatic rings. The van der Waals surface area contributed by atoms with Crippen LogP contribution in [0.15, 0.2) is 36.5 Å². The number of hydrogen-bond donors (Lipinski definition) is 2. The molecule has 0 aliphatic rings. The normalized spacial score (nSPS) is 10.4. The standard InChI is InChI=1S/C15H20N4O2/c1-12-10-17-14(11-21-2)19(12)9-8-16-15(20)18-13-6-4-3-5-7-13/h3-7,10H,8-9,11H2,1-2H3,(H2,16,18,20). The number of anilines is 1. The molecule has 0 aliphatic heterocycles. The molecule has 1 heterocycles. The zero-order chi connectivity index (χ0) is 15.1. The van der Waals surface area contributed by atoms with Gasteiger partial charge in [-0.1, -0.05) is 18.2 Å². The van der Waals surface area contributed by atoms with Crippen molar-refractivity contribution in [1.82, 2.24) is 14.9 Å². The monoisotopic (exact) mass is 288 g/mol. The lowest BCUT2D eigenvalue weighted by atomic mass is 10.3. The van der Waals surface area contributed by atoms with Crippen LogP contribution in [-0.2, 0) is 17.9 Å². The summed E-state index contributed by atoms with van der Waals surface area (Å²) >= 11 is 0. The molecular formula is C15H20N4O2. The van der Waals surface area contributed by atoms with Crippen molar-refractivity contribution in [1.29, 1.82) is 0 Å². The predicted molar refractivity (Wildman–Crippen MR) is 81.1 cm³/mol. The van der Waals surface area contributed by atoms with Gasteiger partial charge in [-0.15, -0.1) is 0 Å². The van der Waals surface area contributed by atoms with Gasteiger partial charge in [0.2, 0.25) is 0 Å². The number of imidazole rings is 1. The fourth-order valence-corrected chi connectivity index (χ4v) is 2.04. The molecule has 0 aliphatic carbocycles. The van der Waals surface area contributed by atoms with Gasteiger partial charge in [0.05, 0.1) is 0 Å². The van der Waals surface area contributed by atoms with E-state index < -0.39 is 0 Å². The van der Waals surface area contributed by atoms with Crippen molar-refractivity contribution in [3.05, 3.63) is 48.0 Å². The van der Waals surface area contributed by atoms with Gasteiger partial charge in [-0.2, -0.15) is 0 Å². The number of aryl methyl sites for hydroxylation is 1. The first-order valence-electron chi connectivity index (χ1n) is 6.80. The number of aromatic nitrogens is 2. The number of rotatable bonds is 6. The van der Waals surface area contributed by atoms with E-state index in [-0.39, 0.29) is 6.03 Å². The zero-order valence-electron chi connectivity index (χ0n) is 12.3. The molecule has 0 saturated heterocycles. The Labute approximate surface area is 124 Å². The van der Waals surface area contributed by atoms with Crippen LogP contribution in [0.2, 0.25) is 0 Å². The van der Waals surface area contributed by atoms with Crippen LogP contribution in [-0.4, -0.2) is 29.2 Å². The number of para-hydroxylation sites is 1. The maximum atomic E-state index is 11.8. The van der Waals surface area contributed by atoms with E-state index >= 15 is 0 Å². The molecule has 6 heteroatoms. The highest BCUT2D eigenvalue weighted by molar-refractivity contribution is 5.89. The number of carbonyl (C=O) groups excluding carboxylic acids is 1. The summed E-state index contributed by atoms with van der Waals surface area (Å²) in [6, 6.07) is 9.13. The van der Waals surface area contributed by atoms with Crippen LogP contribution in [0.1, 0.15) is 11.5 Å². The molecule has 0 atom stereocenters. The largest absolute Gasteiger partial charge is 0.377 e. The smallest absolute Gasteiger partial charge is 0.319 e. The van der Waals surface area contributed by atoms with Gasteiger partial charge in [0.25, 0.3) is 0 Å². The van der Waals surface area contributed by atoms with Gasteiger partial charge in [0, 0.05) is 37.8 Å². The summed E-state index contributed by atoms with van der Waals surface area (Å²) in [5, 5.41) is 5.60. The van der Waals surface area contributed by atoms with Crippen LogP contribution in [0.5, 0.6) is 0 Å². The van der Waals surface area contributed by atoms with Crippen LogP contribution < -0.4 is 10.6 Å². The summed E-state index contributed by atoms with van der Waals surface area (Å²) in [4.78, 5) is 16.0. The molecule has 2 amide bonds. The van der Waals surface area contributed by atoms with Crippen molar-refractivity contribution < 1.29 is 9.53 Å². The number of urea groups is 1. The topological polar surface area (TPSA) is 68.2 Å². The molecule has 0 fully saturated rings. The third-order valence-corrected chi connectivity index (χ3v) is 3.06. The Kier molecular flexibility index (Phi) is 5.34. The molecule has 6 nitrogen and oxygen atoms in total. The molecule has 2 N–H and O–H groups in total. The van der Waals surface area contributed by atoms with Crippen LogP contribution in [0.4, 0.5) is 10.5 Å². The molecule has 0 saturated carbocycles. The Morgan fingerprint density at radius 3 is 2.81 bits per heavy atom. The maximum Gasteiger partial charge on any atom is 0.319 e. The summed E-state index contributed by atoms with van der Waals surface area (Å²) in [6.07, 6.45) is 1.80. The molecule has 0 radical (unpaired) electrons. The second-order valence-electron chi connectivity index (χ2n) is 4.65.